The first-order chi connectivity index (χ1) is 4.68. The molecule has 4 nitrogen and oxygen atoms in total. The van der Waals surface area contributed by atoms with Crippen LogP contribution in [0.1, 0.15) is 5.76 Å². The van der Waals surface area contributed by atoms with Gasteiger partial charge in [-0.2, -0.15) is 0 Å². The average molecular weight is 161 g/mol. The molecule has 0 fully saturated rings. The van der Waals surface area contributed by atoms with Crippen molar-refractivity contribution in [3.05, 3.63) is 11.8 Å². The van der Waals surface area contributed by atoms with Gasteiger partial charge in [-0.15, -0.1) is 0 Å². The third-order valence-corrected chi connectivity index (χ3v) is 0.949. The maximum absolute atomic E-state index is 10.2. The second kappa shape index (κ2) is 2.70. The number of hydrogen-bond acceptors (Lipinski definition) is 3. The van der Waals surface area contributed by atoms with E-state index in [0.717, 1.165) is 0 Å². The molecule has 0 spiro atoms. The summed E-state index contributed by atoms with van der Waals surface area (Å²) in [4.78, 5) is 10.2. The lowest BCUT2D eigenvalue weighted by Crippen LogP contribution is -2.00. The van der Waals surface area contributed by atoms with Crippen LogP contribution in [0.4, 0.5) is 10.6 Å². The Bertz CT molecular complexity index is 246. The van der Waals surface area contributed by atoms with Crippen LogP contribution >= 0.6 is 11.6 Å². The fourth-order valence-corrected chi connectivity index (χ4v) is 0.623. The molecule has 0 aliphatic carbocycles. The van der Waals surface area contributed by atoms with E-state index in [0.29, 0.717) is 11.6 Å². The Balaban J connectivity index is 2.67. The molecule has 5 heteroatoms. The van der Waals surface area contributed by atoms with Crippen LogP contribution in [0.3, 0.4) is 0 Å². The number of nitrogens with one attached hydrogen (secondary N) is 1. The third-order valence-electron chi connectivity index (χ3n) is 0.854. The molecule has 0 bridgehead atoms. The molecule has 1 amide bonds. The third kappa shape index (κ3) is 1.73. The van der Waals surface area contributed by atoms with Gasteiger partial charge in [-0.05, 0) is 18.5 Å². The van der Waals surface area contributed by atoms with Gasteiger partial charge in [-0.1, -0.05) is 5.16 Å². The van der Waals surface area contributed by atoms with E-state index in [1.54, 1.807) is 13.0 Å². The molecule has 0 aliphatic rings. The summed E-state index contributed by atoms with van der Waals surface area (Å²) in [6.45, 7) is 1.72. The van der Waals surface area contributed by atoms with Crippen LogP contribution in [0.25, 0.3) is 0 Å². The van der Waals surface area contributed by atoms with E-state index in [4.69, 9.17) is 11.6 Å². The average Bonchev–Trinajstić information content (AvgIpc) is 2.13. The van der Waals surface area contributed by atoms with Gasteiger partial charge < -0.3 is 4.52 Å². The lowest BCUT2D eigenvalue weighted by molar-refractivity contribution is 0.268. The fraction of sp³-hybridized carbons (Fsp3) is 0.200. The van der Waals surface area contributed by atoms with E-state index in [1.807, 2.05) is 0 Å². The van der Waals surface area contributed by atoms with Crippen LogP contribution in [0.5, 0.6) is 0 Å². The van der Waals surface area contributed by atoms with E-state index >= 15 is 0 Å². The summed E-state index contributed by atoms with van der Waals surface area (Å²) in [6.07, 6.45) is 0. The molecule has 0 radical (unpaired) electrons. The summed E-state index contributed by atoms with van der Waals surface area (Å²) < 4.78 is 4.64. The number of carbonyl (C=O) groups excluding carboxylic acids is 1. The van der Waals surface area contributed by atoms with Crippen molar-refractivity contribution in [1.82, 2.24) is 5.16 Å². The van der Waals surface area contributed by atoms with Crippen molar-refractivity contribution in [2.45, 2.75) is 6.92 Å². The van der Waals surface area contributed by atoms with Crippen LogP contribution in [-0.2, 0) is 0 Å². The highest BCUT2D eigenvalue weighted by molar-refractivity contribution is 6.65. The van der Waals surface area contributed by atoms with Crippen LogP contribution in [0, 0.1) is 6.92 Å². The lowest BCUT2D eigenvalue weighted by atomic mass is 10.5. The molecule has 0 aliphatic heterocycles. The topological polar surface area (TPSA) is 55.1 Å². The second-order valence-electron chi connectivity index (χ2n) is 1.72. The Morgan fingerprint density at radius 3 is 3.00 bits per heavy atom. The Hall–Kier alpha value is -1.03. The first-order valence-corrected chi connectivity index (χ1v) is 2.96. The van der Waals surface area contributed by atoms with Crippen molar-refractivity contribution >= 4 is 22.8 Å². The number of halogens is 1. The first-order valence-electron chi connectivity index (χ1n) is 2.58. The number of amides is 1. The zero-order chi connectivity index (χ0) is 7.56. The number of aryl methyl sites for hydroxylation is 1. The standard InChI is InChI=1S/C5H5ClN2O2/c1-3-2-4(8-10-3)7-5(6)9/h2H,1H3,(H,7,8,9). The van der Waals surface area contributed by atoms with Gasteiger partial charge in [0.25, 0.3) is 0 Å². The predicted molar refractivity (Wildman–Crippen MR) is 36.1 cm³/mol. The minimum absolute atomic E-state index is 0.331. The van der Waals surface area contributed by atoms with Crippen LogP contribution < -0.4 is 5.32 Å². The van der Waals surface area contributed by atoms with Gasteiger partial charge in [-0.25, -0.2) is 0 Å². The molecule has 0 saturated heterocycles. The number of nitrogens with zero attached hydrogens (tertiary/aromatic N) is 1. The maximum Gasteiger partial charge on any atom is 0.319 e. The van der Waals surface area contributed by atoms with E-state index in [9.17, 15) is 4.79 Å². The number of rotatable bonds is 1. The molecule has 54 valence electrons. The van der Waals surface area contributed by atoms with Crippen molar-refractivity contribution in [1.29, 1.82) is 0 Å². The molecule has 0 atom stereocenters. The molecule has 1 aromatic rings. The Morgan fingerprint density at radius 2 is 2.60 bits per heavy atom. The summed E-state index contributed by atoms with van der Waals surface area (Å²) in [5.74, 6) is 0.956. The van der Waals surface area contributed by atoms with Crippen LogP contribution in [0.15, 0.2) is 10.6 Å². The first kappa shape index (κ1) is 7.08. The molecule has 10 heavy (non-hydrogen) atoms. The maximum atomic E-state index is 10.2. The number of hydrogen-bond donors (Lipinski definition) is 1. The number of aromatic nitrogens is 1. The molecule has 1 rings (SSSR count). The van der Waals surface area contributed by atoms with Crippen molar-refractivity contribution in [2.75, 3.05) is 5.32 Å². The smallest absolute Gasteiger partial charge is 0.319 e. The van der Waals surface area contributed by atoms with Gasteiger partial charge in [0.15, 0.2) is 5.82 Å². The number of anilines is 1. The van der Waals surface area contributed by atoms with Crippen LogP contribution in [-0.4, -0.2) is 10.5 Å². The largest absolute Gasteiger partial charge is 0.360 e. The summed E-state index contributed by atoms with van der Waals surface area (Å²) in [7, 11) is 0. The van der Waals surface area contributed by atoms with E-state index in [1.165, 1.54) is 0 Å². The van der Waals surface area contributed by atoms with Gasteiger partial charge in [-0.3, -0.25) is 10.1 Å². The van der Waals surface area contributed by atoms with Crippen molar-refractivity contribution in [2.24, 2.45) is 0 Å². The normalized spacial score (nSPS) is 9.40. The highest BCUT2D eigenvalue weighted by Crippen LogP contribution is 2.07. The van der Waals surface area contributed by atoms with E-state index in [2.05, 4.69) is 15.0 Å². The highest BCUT2D eigenvalue weighted by atomic mass is 35.5. The van der Waals surface area contributed by atoms with Gasteiger partial charge in [0.1, 0.15) is 5.76 Å². The van der Waals surface area contributed by atoms with Crippen LogP contribution in [0.2, 0.25) is 0 Å². The Labute approximate surface area is 62.1 Å². The van der Waals surface area contributed by atoms with Gasteiger partial charge >= 0.3 is 5.37 Å². The van der Waals surface area contributed by atoms with Crippen molar-refractivity contribution in [3.8, 4) is 0 Å². The molecule has 0 saturated carbocycles. The highest BCUT2D eigenvalue weighted by Gasteiger charge is 2.00. The minimum Gasteiger partial charge on any atom is -0.360 e. The molecule has 0 unspecified atom stereocenters. The summed E-state index contributed by atoms with van der Waals surface area (Å²) in [5, 5.41) is 5.04. The van der Waals surface area contributed by atoms with Gasteiger partial charge in [0.05, 0.1) is 0 Å². The molecule has 1 aromatic heterocycles. The quantitative estimate of drug-likeness (QED) is 0.503. The van der Waals surface area contributed by atoms with Crippen molar-refractivity contribution in [3.63, 3.8) is 0 Å². The fourth-order valence-electron chi connectivity index (χ4n) is 0.526. The Morgan fingerprint density at radius 1 is 1.90 bits per heavy atom. The number of carbonyl (C=O) groups is 1. The molecule has 0 aromatic carbocycles. The molecule has 1 heterocycles. The lowest BCUT2D eigenvalue weighted by Gasteiger charge is -1.87. The zero-order valence-corrected chi connectivity index (χ0v) is 5.97. The SMILES string of the molecule is Cc1cc(NC(=O)Cl)no1. The van der Waals surface area contributed by atoms with E-state index in [-0.39, 0.29) is 0 Å². The summed E-state index contributed by atoms with van der Waals surface area (Å²) >= 11 is 4.99. The van der Waals surface area contributed by atoms with Gasteiger partial charge in [0, 0.05) is 6.07 Å². The molecule has 1 N–H and O–H groups in total. The van der Waals surface area contributed by atoms with Crippen molar-refractivity contribution < 1.29 is 9.32 Å². The molecular formula is C5H5ClN2O2. The zero-order valence-electron chi connectivity index (χ0n) is 5.22. The monoisotopic (exact) mass is 160 g/mol. The predicted octanol–water partition coefficient (Wildman–Crippen LogP) is 1.75. The summed E-state index contributed by atoms with van der Waals surface area (Å²) in [5.41, 5.74) is 0. The van der Waals surface area contributed by atoms with Gasteiger partial charge in [0.2, 0.25) is 0 Å². The minimum atomic E-state index is -0.673. The second-order valence-corrected chi connectivity index (χ2v) is 2.06. The van der Waals surface area contributed by atoms with E-state index < -0.39 is 5.37 Å². The Kier molecular flexibility index (Phi) is 1.91. The molecular weight excluding hydrogens is 156 g/mol. The summed E-state index contributed by atoms with van der Waals surface area (Å²) in [6, 6.07) is 1.57.